The average Bonchev–Trinajstić information content (AvgIpc) is 3.35. The van der Waals surface area contributed by atoms with Crippen LogP contribution < -0.4 is 0 Å². The van der Waals surface area contributed by atoms with Crippen molar-refractivity contribution in [1.29, 1.82) is 0 Å². The van der Waals surface area contributed by atoms with Crippen molar-refractivity contribution in [3.8, 4) is 0 Å². The second-order valence-corrected chi connectivity index (χ2v) is 8.93. The Morgan fingerprint density at radius 1 is 1.07 bits per heavy atom. The summed E-state index contributed by atoms with van der Waals surface area (Å²) in [5.41, 5.74) is 5.89. The first kappa shape index (κ1) is 21.3. The number of rotatable bonds is 7. The number of aromatic nitrogens is 1. The standard InChI is InChI=1S/C25H35N3O2/c1-19-7-4-5-8-22(19)16-26-10-12-27(13-11-26)18-25(29)24-15-20(2)28(21(24)3)17-23-9-6-14-30-23/h4-5,7-8,15,23H,6,9-14,16-18H2,1-3H3/t23-/m1/s1. The predicted octanol–water partition coefficient (Wildman–Crippen LogP) is 3.59. The minimum Gasteiger partial charge on any atom is -0.376 e. The van der Waals surface area contributed by atoms with Crippen molar-refractivity contribution < 1.29 is 9.53 Å². The molecule has 2 aromatic rings. The van der Waals surface area contributed by atoms with Crippen LogP contribution in [0.15, 0.2) is 30.3 Å². The largest absolute Gasteiger partial charge is 0.376 e. The van der Waals surface area contributed by atoms with Crippen LogP contribution in [0, 0.1) is 20.8 Å². The lowest BCUT2D eigenvalue weighted by molar-refractivity contribution is 0.0840. The maximum absolute atomic E-state index is 13.1. The van der Waals surface area contributed by atoms with Crippen LogP contribution in [0.5, 0.6) is 0 Å². The van der Waals surface area contributed by atoms with Gasteiger partial charge >= 0.3 is 0 Å². The van der Waals surface area contributed by atoms with Gasteiger partial charge in [0.2, 0.25) is 0 Å². The maximum atomic E-state index is 13.1. The summed E-state index contributed by atoms with van der Waals surface area (Å²) < 4.78 is 8.07. The number of benzene rings is 1. The van der Waals surface area contributed by atoms with Gasteiger partial charge in [-0.1, -0.05) is 24.3 Å². The lowest BCUT2D eigenvalue weighted by Crippen LogP contribution is -2.47. The zero-order valence-corrected chi connectivity index (χ0v) is 18.7. The third kappa shape index (κ3) is 4.85. The molecule has 2 aliphatic heterocycles. The molecular weight excluding hydrogens is 374 g/mol. The highest BCUT2D eigenvalue weighted by atomic mass is 16.5. The Balaban J connectivity index is 1.31. The van der Waals surface area contributed by atoms with Gasteiger partial charge in [0.25, 0.3) is 0 Å². The summed E-state index contributed by atoms with van der Waals surface area (Å²) in [4.78, 5) is 17.9. The Morgan fingerprint density at radius 3 is 2.50 bits per heavy atom. The molecule has 0 N–H and O–H groups in total. The van der Waals surface area contributed by atoms with Crippen molar-refractivity contribution in [2.45, 2.75) is 52.8 Å². The molecule has 2 aliphatic rings. The van der Waals surface area contributed by atoms with Gasteiger partial charge in [-0.2, -0.15) is 0 Å². The van der Waals surface area contributed by atoms with Crippen LogP contribution in [-0.4, -0.2) is 65.6 Å². The van der Waals surface area contributed by atoms with Crippen LogP contribution >= 0.6 is 0 Å². The van der Waals surface area contributed by atoms with Crippen LogP contribution in [0.3, 0.4) is 0 Å². The van der Waals surface area contributed by atoms with Crippen LogP contribution in [0.25, 0.3) is 0 Å². The van der Waals surface area contributed by atoms with Gasteiger partial charge in [0.1, 0.15) is 0 Å². The SMILES string of the molecule is Cc1ccccc1CN1CCN(CC(=O)c2cc(C)n(C[C@H]3CCCO3)c2C)CC1. The van der Waals surface area contributed by atoms with Gasteiger partial charge < -0.3 is 9.30 Å². The van der Waals surface area contributed by atoms with Crippen molar-refractivity contribution >= 4 is 5.78 Å². The quantitative estimate of drug-likeness (QED) is 0.655. The highest BCUT2D eigenvalue weighted by molar-refractivity contribution is 5.99. The number of piperazine rings is 1. The smallest absolute Gasteiger partial charge is 0.178 e. The molecule has 1 aromatic carbocycles. The second kappa shape index (κ2) is 9.46. The Bertz CT molecular complexity index is 875. The van der Waals surface area contributed by atoms with Crippen molar-refractivity contribution in [2.75, 3.05) is 39.3 Å². The molecule has 2 saturated heterocycles. The lowest BCUT2D eigenvalue weighted by atomic mass is 10.1. The first-order chi connectivity index (χ1) is 14.5. The summed E-state index contributed by atoms with van der Waals surface area (Å²) in [6.45, 7) is 13.5. The van der Waals surface area contributed by atoms with E-state index in [0.717, 1.165) is 75.7 Å². The lowest BCUT2D eigenvalue weighted by Gasteiger charge is -2.34. The molecule has 3 heterocycles. The van der Waals surface area contributed by atoms with E-state index in [-0.39, 0.29) is 5.78 Å². The highest BCUT2D eigenvalue weighted by Crippen LogP contribution is 2.21. The van der Waals surface area contributed by atoms with E-state index in [9.17, 15) is 4.79 Å². The molecule has 30 heavy (non-hydrogen) atoms. The molecule has 5 nitrogen and oxygen atoms in total. The van der Waals surface area contributed by atoms with E-state index in [1.165, 1.54) is 11.1 Å². The molecule has 0 saturated carbocycles. The van der Waals surface area contributed by atoms with Crippen LogP contribution in [0.2, 0.25) is 0 Å². The molecule has 0 aliphatic carbocycles. The summed E-state index contributed by atoms with van der Waals surface area (Å²) in [7, 11) is 0. The van der Waals surface area contributed by atoms with Gasteiger partial charge in [0.05, 0.1) is 12.6 Å². The minimum absolute atomic E-state index is 0.244. The number of ether oxygens (including phenoxy) is 1. The van der Waals surface area contributed by atoms with E-state index < -0.39 is 0 Å². The van der Waals surface area contributed by atoms with Crippen LogP contribution in [0.1, 0.15) is 45.7 Å². The topological polar surface area (TPSA) is 37.7 Å². The molecule has 1 aromatic heterocycles. The Labute approximate surface area is 180 Å². The number of nitrogens with zero attached hydrogens (tertiary/aromatic N) is 3. The second-order valence-electron chi connectivity index (χ2n) is 8.93. The van der Waals surface area contributed by atoms with E-state index in [1.54, 1.807) is 0 Å². The molecular formula is C25H35N3O2. The van der Waals surface area contributed by atoms with E-state index in [0.29, 0.717) is 12.6 Å². The van der Waals surface area contributed by atoms with Crippen LogP contribution in [-0.2, 0) is 17.8 Å². The van der Waals surface area contributed by atoms with Crippen molar-refractivity contribution in [2.24, 2.45) is 0 Å². The number of Topliss-reactive ketones (excluding diaryl/α,β-unsaturated/α-hetero) is 1. The molecule has 0 spiro atoms. The average molecular weight is 410 g/mol. The Morgan fingerprint density at radius 2 is 1.80 bits per heavy atom. The third-order valence-electron chi connectivity index (χ3n) is 6.77. The molecule has 5 heteroatoms. The minimum atomic E-state index is 0.244. The van der Waals surface area contributed by atoms with E-state index in [1.807, 2.05) is 0 Å². The normalized spacial score (nSPS) is 20.7. The van der Waals surface area contributed by atoms with Crippen molar-refractivity contribution in [3.05, 3.63) is 58.4 Å². The fourth-order valence-corrected chi connectivity index (χ4v) is 4.78. The van der Waals surface area contributed by atoms with Crippen molar-refractivity contribution in [1.82, 2.24) is 14.4 Å². The van der Waals surface area contributed by atoms with Crippen molar-refractivity contribution in [3.63, 3.8) is 0 Å². The van der Waals surface area contributed by atoms with Gasteiger partial charge in [0.15, 0.2) is 5.78 Å². The van der Waals surface area contributed by atoms with Gasteiger partial charge in [-0.3, -0.25) is 14.6 Å². The molecule has 0 bridgehead atoms. The van der Waals surface area contributed by atoms with E-state index >= 15 is 0 Å². The molecule has 4 rings (SSSR count). The maximum Gasteiger partial charge on any atom is 0.178 e. The number of hydrogen-bond acceptors (Lipinski definition) is 4. The summed E-state index contributed by atoms with van der Waals surface area (Å²) in [6.07, 6.45) is 2.55. The van der Waals surface area contributed by atoms with Gasteiger partial charge in [-0.25, -0.2) is 0 Å². The van der Waals surface area contributed by atoms with Gasteiger partial charge in [-0.05, 0) is 50.8 Å². The fraction of sp³-hybridized carbons (Fsp3) is 0.560. The molecule has 162 valence electrons. The summed E-state index contributed by atoms with van der Waals surface area (Å²) in [5, 5.41) is 0. The number of carbonyl (C=O) groups is 1. The predicted molar refractivity (Wildman–Crippen MR) is 120 cm³/mol. The number of carbonyl (C=O) groups excluding carboxylic acids is 1. The van der Waals surface area contributed by atoms with E-state index in [2.05, 4.69) is 65.5 Å². The molecule has 0 radical (unpaired) electrons. The van der Waals surface area contributed by atoms with Crippen LogP contribution in [0.4, 0.5) is 0 Å². The fourth-order valence-electron chi connectivity index (χ4n) is 4.78. The van der Waals surface area contributed by atoms with Gasteiger partial charge in [-0.15, -0.1) is 0 Å². The Kier molecular flexibility index (Phi) is 6.71. The first-order valence-electron chi connectivity index (χ1n) is 11.3. The number of hydrogen-bond donors (Lipinski definition) is 0. The molecule has 0 unspecified atom stereocenters. The summed E-state index contributed by atoms with van der Waals surface area (Å²) in [5.74, 6) is 0.244. The molecule has 2 fully saturated rings. The highest BCUT2D eigenvalue weighted by Gasteiger charge is 2.24. The third-order valence-corrected chi connectivity index (χ3v) is 6.77. The first-order valence-corrected chi connectivity index (χ1v) is 11.3. The zero-order valence-electron chi connectivity index (χ0n) is 18.7. The molecule has 0 amide bonds. The zero-order chi connectivity index (χ0) is 21.1. The summed E-state index contributed by atoms with van der Waals surface area (Å²) >= 11 is 0. The van der Waals surface area contributed by atoms with E-state index in [4.69, 9.17) is 4.74 Å². The number of aryl methyl sites for hydroxylation is 2. The summed E-state index contributed by atoms with van der Waals surface area (Å²) in [6, 6.07) is 10.7. The van der Waals surface area contributed by atoms with Gasteiger partial charge in [0, 0.05) is 62.8 Å². The monoisotopic (exact) mass is 409 g/mol. The molecule has 1 atom stereocenters. The number of ketones is 1. The Hall–Kier alpha value is -1.95.